The third kappa shape index (κ3) is 4.14. The number of rotatable bonds is 0. The zero-order valence-corrected chi connectivity index (χ0v) is 15.2. The Labute approximate surface area is 154 Å². The lowest BCUT2D eigenvalue weighted by Gasteiger charge is -2.05. The molecule has 2 N–H and O–H groups in total. The van der Waals surface area contributed by atoms with Crippen molar-refractivity contribution in [1.82, 2.24) is 10.6 Å². The second-order valence-electron chi connectivity index (χ2n) is 5.69. The van der Waals surface area contributed by atoms with Crippen LogP contribution >= 0.6 is 0 Å². The highest BCUT2D eigenvalue weighted by molar-refractivity contribution is 6.01. The predicted molar refractivity (Wildman–Crippen MR) is 105 cm³/mol. The van der Waals surface area contributed by atoms with Crippen LogP contribution < -0.4 is 20.1 Å². The van der Waals surface area contributed by atoms with E-state index in [0.717, 1.165) is 47.4 Å². The Morgan fingerprint density at radius 1 is 0.692 bits per heavy atom. The zero-order chi connectivity index (χ0) is 18.2. The molecule has 0 amide bonds. The van der Waals surface area contributed by atoms with Gasteiger partial charge in [-0.2, -0.15) is 0 Å². The van der Waals surface area contributed by atoms with Crippen LogP contribution in [0.5, 0.6) is 11.5 Å². The Morgan fingerprint density at radius 2 is 1.12 bits per heavy atom. The summed E-state index contributed by atoms with van der Waals surface area (Å²) in [5.41, 5.74) is 2.09. The van der Waals surface area contributed by atoms with Crippen LogP contribution in [0.2, 0.25) is 0 Å². The number of ether oxygens (including phenoxy) is 2. The Kier molecular flexibility index (Phi) is 6.09. The maximum absolute atomic E-state index is 5.54. The first kappa shape index (κ1) is 17.8. The van der Waals surface area contributed by atoms with E-state index in [9.17, 15) is 0 Å². The molecule has 136 valence electrons. The van der Waals surface area contributed by atoms with Gasteiger partial charge < -0.3 is 20.1 Å². The molecule has 0 bridgehead atoms. The van der Waals surface area contributed by atoms with E-state index in [-0.39, 0.29) is 0 Å². The van der Waals surface area contributed by atoms with E-state index in [0.29, 0.717) is 13.2 Å². The minimum atomic E-state index is 0.691. The number of benzene rings is 2. The number of hydrogen-bond donors (Lipinski definition) is 2. The number of nitrogens with one attached hydrogen (secondary N) is 2. The summed E-state index contributed by atoms with van der Waals surface area (Å²) in [7, 11) is 3.56. The van der Waals surface area contributed by atoms with Crippen molar-refractivity contribution in [2.75, 3.05) is 40.4 Å². The molecule has 6 nitrogen and oxygen atoms in total. The van der Waals surface area contributed by atoms with Crippen LogP contribution in [0.4, 0.5) is 0 Å². The molecule has 2 aliphatic rings. The average molecular weight is 352 g/mol. The molecule has 0 saturated carbocycles. The minimum Gasteiger partial charge on any atom is -0.491 e. The highest BCUT2D eigenvalue weighted by Crippen LogP contribution is 2.20. The van der Waals surface area contributed by atoms with Gasteiger partial charge in [-0.05, 0) is 24.3 Å². The SMILES string of the molecule is CN=C1NCCOc2ccccc21.CN=C1NCCOc2ccccc21. The summed E-state index contributed by atoms with van der Waals surface area (Å²) < 4.78 is 11.1. The first-order valence-corrected chi connectivity index (χ1v) is 8.69. The number of fused-ring (bicyclic) bond motifs is 2. The van der Waals surface area contributed by atoms with Crippen molar-refractivity contribution in [2.45, 2.75) is 0 Å². The molecule has 0 spiro atoms. The summed E-state index contributed by atoms with van der Waals surface area (Å²) in [6.45, 7) is 2.99. The summed E-state index contributed by atoms with van der Waals surface area (Å²) >= 11 is 0. The van der Waals surface area contributed by atoms with Crippen molar-refractivity contribution in [1.29, 1.82) is 0 Å². The fourth-order valence-corrected chi connectivity index (χ4v) is 2.83. The zero-order valence-electron chi connectivity index (χ0n) is 15.2. The Morgan fingerprint density at radius 3 is 1.54 bits per heavy atom. The molecule has 2 aliphatic heterocycles. The van der Waals surface area contributed by atoms with E-state index in [1.807, 2.05) is 48.5 Å². The number of aliphatic imine (C=N–C) groups is 2. The predicted octanol–water partition coefficient (Wildman–Crippen LogP) is 2.09. The monoisotopic (exact) mass is 352 g/mol. The Balaban J connectivity index is 0.000000151. The summed E-state index contributed by atoms with van der Waals surface area (Å²) in [5, 5.41) is 6.42. The van der Waals surface area contributed by atoms with Gasteiger partial charge in [0.05, 0.1) is 24.2 Å². The lowest BCUT2D eigenvalue weighted by molar-refractivity contribution is 0.327. The second kappa shape index (κ2) is 8.89. The van der Waals surface area contributed by atoms with Crippen molar-refractivity contribution in [3.05, 3.63) is 59.7 Å². The quantitative estimate of drug-likeness (QED) is 0.762. The molecular weight excluding hydrogens is 328 g/mol. The van der Waals surface area contributed by atoms with Gasteiger partial charge in [0.15, 0.2) is 0 Å². The normalized spacial score (nSPS) is 18.4. The number of nitrogens with zero attached hydrogens (tertiary/aromatic N) is 2. The number of hydrogen-bond acceptors (Lipinski definition) is 4. The first-order valence-electron chi connectivity index (χ1n) is 8.69. The number of para-hydroxylation sites is 2. The highest BCUT2D eigenvalue weighted by Gasteiger charge is 2.13. The Bertz CT molecular complexity index is 734. The van der Waals surface area contributed by atoms with Gasteiger partial charge >= 0.3 is 0 Å². The van der Waals surface area contributed by atoms with Crippen molar-refractivity contribution in [2.24, 2.45) is 9.98 Å². The van der Waals surface area contributed by atoms with Gasteiger partial charge in [0, 0.05) is 14.1 Å². The Hall–Kier alpha value is -3.02. The van der Waals surface area contributed by atoms with Crippen molar-refractivity contribution >= 4 is 11.7 Å². The molecule has 0 aliphatic carbocycles. The van der Waals surface area contributed by atoms with E-state index < -0.39 is 0 Å². The van der Waals surface area contributed by atoms with Gasteiger partial charge in [-0.1, -0.05) is 24.3 Å². The summed E-state index contributed by atoms with van der Waals surface area (Å²) in [4.78, 5) is 8.35. The van der Waals surface area contributed by atoms with Crippen LogP contribution in [-0.2, 0) is 0 Å². The van der Waals surface area contributed by atoms with Crippen LogP contribution in [0.3, 0.4) is 0 Å². The van der Waals surface area contributed by atoms with E-state index in [2.05, 4.69) is 20.6 Å². The maximum atomic E-state index is 5.54. The van der Waals surface area contributed by atoms with Gasteiger partial charge in [0.1, 0.15) is 36.4 Å². The van der Waals surface area contributed by atoms with Crippen molar-refractivity contribution in [3.8, 4) is 11.5 Å². The van der Waals surface area contributed by atoms with Gasteiger partial charge in [-0.15, -0.1) is 0 Å². The van der Waals surface area contributed by atoms with Crippen molar-refractivity contribution in [3.63, 3.8) is 0 Å². The second-order valence-corrected chi connectivity index (χ2v) is 5.69. The van der Waals surface area contributed by atoms with Crippen LogP contribution in [0, 0.1) is 0 Å². The molecule has 2 aromatic rings. The third-order valence-corrected chi connectivity index (χ3v) is 4.04. The standard InChI is InChI=1S/2C10H12N2O/c2*1-11-10-8-4-2-3-5-9(8)13-7-6-12-10/h2*2-5H,6-7H2,1H3,(H,11,12). The number of amidine groups is 2. The molecule has 0 saturated heterocycles. The molecule has 0 atom stereocenters. The van der Waals surface area contributed by atoms with Gasteiger partial charge in [-0.3, -0.25) is 9.98 Å². The maximum Gasteiger partial charge on any atom is 0.131 e. The molecule has 2 aromatic carbocycles. The van der Waals surface area contributed by atoms with Gasteiger partial charge in [-0.25, -0.2) is 0 Å². The third-order valence-electron chi connectivity index (χ3n) is 4.04. The largest absolute Gasteiger partial charge is 0.491 e. The molecule has 0 fully saturated rings. The van der Waals surface area contributed by atoms with Crippen LogP contribution in [-0.4, -0.2) is 52.1 Å². The molecule has 4 rings (SSSR count). The topological polar surface area (TPSA) is 67.2 Å². The lowest BCUT2D eigenvalue weighted by atomic mass is 10.2. The molecule has 0 unspecified atom stereocenters. The molecule has 26 heavy (non-hydrogen) atoms. The molecule has 0 aromatic heterocycles. The average Bonchev–Trinajstić information content (AvgIpc) is 3.04. The fourth-order valence-electron chi connectivity index (χ4n) is 2.83. The smallest absolute Gasteiger partial charge is 0.131 e. The highest BCUT2D eigenvalue weighted by atomic mass is 16.5. The summed E-state index contributed by atoms with van der Waals surface area (Å²) in [6, 6.07) is 15.9. The van der Waals surface area contributed by atoms with Crippen LogP contribution in [0.25, 0.3) is 0 Å². The van der Waals surface area contributed by atoms with Crippen molar-refractivity contribution < 1.29 is 9.47 Å². The summed E-state index contributed by atoms with van der Waals surface area (Å²) in [6.07, 6.45) is 0. The summed E-state index contributed by atoms with van der Waals surface area (Å²) in [5.74, 6) is 3.64. The van der Waals surface area contributed by atoms with E-state index >= 15 is 0 Å². The van der Waals surface area contributed by atoms with E-state index in [4.69, 9.17) is 9.47 Å². The minimum absolute atomic E-state index is 0.691. The van der Waals surface area contributed by atoms with Crippen LogP contribution in [0.1, 0.15) is 11.1 Å². The fraction of sp³-hybridized carbons (Fsp3) is 0.300. The van der Waals surface area contributed by atoms with Gasteiger partial charge in [0.2, 0.25) is 0 Å². The lowest BCUT2D eigenvalue weighted by Crippen LogP contribution is -2.25. The molecule has 2 heterocycles. The van der Waals surface area contributed by atoms with E-state index in [1.165, 1.54) is 0 Å². The van der Waals surface area contributed by atoms with E-state index in [1.54, 1.807) is 14.1 Å². The molecule has 6 heteroatoms. The van der Waals surface area contributed by atoms with Gasteiger partial charge in [0.25, 0.3) is 0 Å². The van der Waals surface area contributed by atoms with Crippen LogP contribution in [0.15, 0.2) is 58.5 Å². The molecule has 0 radical (unpaired) electrons. The molecular formula is C20H24N4O2. The first-order chi connectivity index (χ1) is 12.8.